The maximum absolute atomic E-state index is 12.2. The van der Waals surface area contributed by atoms with Gasteiger partial charge < -0.3 is 15.8 Å². The van der Waals surface area contributed by atoms with Gasteiger partial charge in [-0.05, 0) is 43.9 Å². The number of amides is 1. The van der Waals surface area contributed by atoms with E-state index in [1.807, 2.05) is 6.92 Å². The number of benzene rings is 1. The molecule has 0 heterocycles. The zero-order chi connectivity index (χ0) is 14.5. The van der Waals surface area contributed by atoms with Crippen LogP contribution in [0.1, 0.15) is 49.9 Å². The normalized spacial score (nSPS) is 22.3. The van der Waals surface area contributed by atoms with Crippen molar-refractivity contribution < 1.29 is 9.53 Å². The summed E-state index contributed by atoms with van der Waals surface area (Å²) in [5.41, 5.74) is 7.01. The largest absolute Gasteiger partial charge is 0.492 e. The minimum atomic E-state index is -0.0427. The van der Waals surface area contributed by atoms with Crippen LogP contribution in [0.25, 0.3) is 0 Å². The van der Waals surface area contributed by atoms with Gasteiger partial charge >= 0.3 is 0 Å². The van der Waals surface area contributed by atoms with E-state index in [1.165, 1.54) is 12.8 Å². The van der Waals surface area contributed by atoms with Crippen molar-refractivity contribution >= 4 is 11.6 Å². The minimum absolute atomic E-state index is 0.0427. The van der Waals surface area contributed by atoms with Crippen molar-refractivity contribution in [2.75, 3.05) is 12.3 Å². The third-order valence-electron chi connectivity index (χ3n) is 3.84. The van der Waals surface area contributed by atoms with Gasteiger partial charge in [-0.15, -0.1) is 0 Å². The quantitative estimate of drug-likeness (QED) is 0.831. The van der Waals surface area contributed by atoms with Crippen molar-refractivity contribution in [3.8, 4) is 5.75 Å². The Labute approximate surface area is 120 Å². The molecule has 0 saturated heterocycles. The number of carbonyl (C=O) groups is 1. The fourth-order valence-electron chi connectivity index (χ4n) is 2.81. The van der Waals surface area contributed by atoms with E-state index < -0.39 is 0 Å². The van der Waals surface area contributed by atoms with Crippen LogP contribution in [-0.4, -0.2) is 18.6 Å². The second-order valence-corrected chi connectivity index (χ2v) is 5.63. The van der Waals surface area contributed by atoms with Crippen LogP contribution in [-0.2, 0) is 0 Å². The average molecular weight is 276 g/mol. The number of nitrogen functional groups attached to an aromatic ring is 1. The molecule has 4 heteroatoms. The topological polar surface area (TPSA) is 64.3 Å². The summed E-state index contributed by atoms with van der Waals surface area (Å²) >= 11 is 0. The van der Waals surface area contributed by atoms with Gasteiger partial charge in [0.15, 0.2) is 0 Å². The fraction of sp³-hybridized carbons (Fsp3) is 0.562. The number of hydrogen-bond donors (Lipinski definition) is 2. The number of nitrogens with two attached hydrogens (primary N) is 1. The molecule has 0 unspecified atom stereocenters. The van der Waals surface area contributed by atoms with Crippen molar-refractivity contribution in [2.24, 2.45) is 5.92 Å². The highest BCUT2D eigenvalue weighted by Crippen LogP contribution is 2.25. The maximum Gasteiger partial charge on any atom is 0.251 e. The predicted octanol–water partition coefficient (Wildman–Crippen LogP) is 2.98. The van der Waals surface area contributed by atoms with E-state index in [-0.39, 0.29) is 5.91 Å². The molecule has 1 aromatic carbocycles. The summed E-state index contributed by atoms with van der Waals surface area (Å²) in [6, 6.07) is 5.51. The van der Waals surface area contributed by atoms with Gasteiger partial charge in [0.1, 0.15) is 5.75 Å². The van der Waals surface area contributed by atoms with Crippen molar-refractivity contribution in [1.29, 1.82) is 0 Å². The Hall–Kier alpha value is -1.71. The van der Waals surface area contributed by atoms with Gasteiger partial charge in [-0.3, -0.25) is 4.79 Å². The average Bonchev–Trinajstić information content (AvgIpc) is 2.41. The van der Waals surface area contributed by atoms with E-state index in [9.17, 15) is 4.79 Å². The van der Waals surface area contributed by atoms with Gasteiger partial charge in [0.25, 0.3) is 5.91 Å². The lowest BCUT2D eigenvalue weighted by Gasteiger charge is -2.27. The number of rotatable bonds is 4. The summed E-state index contributed by atoms with van der Waals surface area (Å²) < 4.78 is 5.38. The molecule has 0 spiro atoms. The molecule has 1 amide bonds. The molecule has 3 N–H and O–H groups in total. The molecule has 1 aliphatic carbocycles. The molecular weight excluding hydrogens is 252 g/mol. The minimum Gasteiger partial charge on any atom is -0.492 e. The molecule has 1 saturated carbocycles. The Morgan fingerprint density at radius 2 is 2.25 bits per heavy atom. The van der Waals surface area contributed by atoms with Gasteiger partial charge in [-0.1, -0.05) is 19.8 Å². The van der Waals surface area contributed by atoms with Gasteiger partial charge in [-0.2, -0.15) is 0 Å². The first kappa shape index (κ1) is 14.7. The first-order chi connectivity index (χ1) is 9.60. The van der Waals surface area contributed by atoms with Gasteiger partial charge in [0.05, 0.1) is 12.3 Å². The molecule has 1 fully saturated rings. The number of hydrogen-bond acceptors (Lipinski definition) is 3. The van der Waals surface area contributed by atoms with Gasteiger partial charge in [0.2, 0.25) is 0 Å². The lowest BCUT2D eigenvalue weighted by Crippen LogP contribution is -2.38. The first-order valence-electron chi connectivity index (χ1n) is 7.43. The van der Waals surface area contributed by atoms with Crippen LogP contribution in [0.5, 0.6) is 5.75 Å². The molecule has 1 aliphatic rings. The highest BCUT2D eigenvalue weighted by molar-refractivity contribution is 5.95. The van der Waals surface area contributed by atoms with Gasteiger partial charge in [0, 0.05) is 11.6 Å². The molecule has 0 radical (unpaired) electrons. The van der Waals surface area contributed by atoms with Gasteiger partial charge in [-0.25, -0.2) is 0 Å². The number of nitrogens with one attached hydrogen (secondary N) is 1. The van der Waals surface area contributed by atoms with Crippen molar-refractivity contribution in [2.45, 2.75) is 45.6 Å². The Balaban J connectivity index is 2.00. The highest BCUT2D eigenvalue weighted by atomic mass is 16.5. The smallest absolute Gasteiger partial charge is 0.251 e. The lowest BCUT2D eigenvalue weighted by molar-refractivity contribution is 0.0921. The number of anilines is 1. The monoisotopic (exact) mass is 276 g/mol. The molecule has 2 atom stereocenters. The molecule has 0 bridgehead atoms. The molecule has 110 valence electrons. The summed E-state index contributed by atoms with van der Waals surface area (Å²) in [7, 11) is 0. The van der Waals surface area contributed by atoms with E-state index in [0.29, 0.717) is 35.6 Å². The lowest BCUT2D eigenvalue weighted by atomic mass is 9.87. The van der Waals surface area contributed by atoms with Crippen LogP contribution in [0.4, 0.5) is 5.69 Å². The van der Waals surface area contributed by atoms with Crippen LogP contribution in [0.15, 0.2) is 18.2 Å². The van der Waals surface area contributed by atoms with Crippen LogP contribution >= 0.6 is 0 Å². The Kier molecular flexibility index (Phi) is 4.88. The highest BCUT2D eigenvalue weighted by Gasteiger charge is 2.21. The van der Waals surface area contributed by atoms with Crippen LogP contribution in [0.3, 0.4) is 0 Å². The maximum atomic E-state index is 12.2. The third kappa shape index (κ3) is 3.65. The standard InChI is InChI=1S/C16H24N2O2/c1-3-20-15-8-7-12(10-14(15)17)16(19)18-13-6-4-5-11(2)9-13/h7-8,10-11,13H,3-6,9,17H2,1-2H3,(H,18,19)/t11-,13+/m0/s1. The molecule has 1 aromatic rings. The molecule has 4 nitrogen and oxygen atoms in total. The molecule has 0 aliphatic heterocycles. The fourth-order valence-corrected chi connectivity index (χ4v) is 2.81. The zero-order valence-electron chi connectivity index (χ0n) is 12.3. The molecular formula is C16H24N2O2. The predicted molar refractivity (Wildman–Crippen MR) is 80.9 cm³/mol. The summed E-state index contributed by atoms with van der Waals surface area (Å²) in [5, 5.41) is 3.11. The second kappa shape index (κ2) is 6.64. The molecule has 0 aromatic heterocycles. The summed E-state index contributed by atoms with van der Waals surface area (Å²) in [6.45, 7) is 4.72. The van der Waals surface area contributed by atoms with E-state index in [0.717, 1.165) is 12.8 Å². The number of carbonyl (C=O) groups excluding carboxylic acids is 1. The Morgan fingerprint density at radius 3 is 2.90 bits per heavy atom. The van der Waals surface area contributed by atoms with Crippen LogP contribution in [0, 0.1) is 5.92 Å². The molecule has 2 rings (SSSR count). The Bertz CT molecular complexity index is 474. The second-order valence-electron chi connectivity index (χ2n) is 5.63. The van der Waals surface area contributed by atoms with E-state index in [2.05, 4.69) is 12.2 Å². The van der Waals surface area contributed by atoms with Crippen molar-refractivity contribution in [3.63, 3.8) is 0 Å². The first-order valence-corrected chi connectivity index (χ1v) is 7.43. The molecule has 20 heavy (non-hydrogen) atoms. The number of ether oxygens (including phenoxy) is 1. The zero-order valence-corrected chi connectivity index (χ0v) is 12.3. The van der Waals surface area contributed by atoms with E-state index in [1.54, 1.807) is 18.2 Å². The van der Waals surface area contributed by atoms with E-state index in [4.69, 9.17) is 10.5 Å². The SMILES string of the molecule is CCOc1ccc(C(=O)N[C@@H]2CCC[C@H](C)C2)cc1N. The summed E-state index contributed by atoms with van der Waals surface area (Å²) in [5.74, 6) is 1.29. The summed E-state index contributed by atoms with van der Waals surface area (Å²) in [4.78, 5) is 12.2. The third-order valence-corrected chi connectivity index (χ3v) is 3.84. The van der Waals surface area contributed by atoms with E-state index >= 15 is 0 Å². The Morgan fingerprint density at radius 1 is 1.45 bits per heavy atom. The summed E-state index contributed by atoms with van der Waals surface area (Å²) in [6.07, 6.45) is 4.60. The van der Waals surface area contributed by atoms with Crippen molar-refractivity contribution in [3.05, 3.63) is 23.8 Å². The van der Waals surface area contributed by atoms with Crippen molar-refractivity contribution in [1.82, 2.24) is 5.32 Å². The van der Waals surface area contributed by atoms with Crippen LogP contribution < -0.4 is 15.8 Å². The van der Waals surface area contributed by atoms with Crippen LogP contribution in [0.2, 0.25) is 0 Å².